The monoisotopic (exact) mass is 353 g/mol. The zero-order chi connectivity index (χ0) is 18.2. The van der Waals surface area contributed by atoms with Crippen molar-refractivity contribution in [2.75, 3.05) is 39.3 Å². The van der Waals surface area contributed by atoms with Crippen LogP contribution in [0, 0.1) is 0 Å². The molecule has 1 unspecified atom stereocenters. The maximum absolute atomic E-state index is 12.6. The second-order valence-corrected chi connectivity index (χ2v) is 6.62. The van der Waals surface area contributed by atoms with E-state index in [1.807, 2.05) is 65.6 Å². The molecule has 2 aromatic carbocycles. The van der Waals surface area contributed by atoms with E-state index in [9.17, 15) is 4.79 Å². The molecule has 26 heavy (non-hydrogen) atoms. The van der Waals surface area contributed by atoms with Gasteiger partial charge in [0.1, 0.15) is 12.4 Å². The summed E-state index contributed by atoms with van der Waals surface area (Å²) in [6.45, 7) is 4.71. The molecule has 2 aromatic rings. The molecular weight excluding hydrogens is 326 g/mol. The highest BCUT2D eigenvalue weighted by molar-refractivity contribution is 5.82. The van der Waals surface area contributed by atoms with Crippen molar-refractivity contribution in [3.8, 4) is 5.75 Å². The molecule has 1 heterocycles. The fourth-order valence-electron chi connectivity index (χ4n) is 3.19. The number of nitrogens with two attached hydrogens (primary N) is 1. The van der Waals surface area contributed by atoms with E-state index >= 15 is 0 Å². The summed E-state index contributed by atoms with van der Waals surface area (Å²) in [5.41, 5.74) is 7.24. The molecule has 1 fully saturated rings. The molecule has 1 aliphatic rings. The van der Waals surface area contributed by atoms with E-state index in [2.05, 4.69) is 4.90 Å². The number of amides is 1. The summed E-state index contributed by atoms with van der Waals surface area (Å²) in [6.07, 6.45) is 0.588. The molecule has 5 nitrogen and oxygen atoms in total. The molecule has 1 amide bonds. The Hall–Kier alpha value is -2.37. The molecule has 0 spiro atoms. The molecule has 2 N–H and O–H groups in total. The number of ether oxygens (including phenoxy) is 1. The molecule has 138 valence electrons. The number of benzene rings is 2. The molecule has 0 aromatic heterocycles. The van der Waals surface area contributed by atoms with Crippen LogP contribution in [-0.2, 0) is 11.2 Å². The van der Waals surface area contributed by atoms with Crippen LogP contribution in [0.5, 0.6) is 5.75 Å². The van der Waals surface area contributed by atoms with Gasteiger partial charge >= 0.3 is 0 Å². The van der Waals surface area contributed by atoms with Crippen LogP contribution in [0.4, 0.5) is 0 Å². The minimum absolute atomic E-state index is 0.0500. The Morgan fingerprint density at radius 3 is 2.23 bits per heavy atom. The molecule has 3 rings (SSSR count). The Balaban J connectivity index is 1.38. The maximum atomic E-state index is 12.6. The quantitative estimate of drug-likeness (QED) is 0.824. The van der Waals surface area contributed by atoms with E-state index in [1.165, 1.54) is 0 Å². The minimum atomic E-state index is -0.467. The Morgan fingerprint density at radius 1 is 0.962 bits per heavy atom. The third-order valence-electron chi connectivity index (χ3n) is 4.72. The van der Waals surface area contributed by atoms with Crippen LogP contribution >= 0.6 is 0 Å². The second-order valence-electron chi connectivity index (χ2n) is 6.62. The predicted molar refractivity (Wildman–Crippen MR) is 103 cm³/mol. The highest BCUT2D eigenvalue weighted by Gasteiger charge is 2.25. The molecule has 1 saturated heterocycles. The lowest BCUT2D eigenvalue weighted by atomic mass is 10.1. The first kappa shape index (κ1) is 18.4. The summed E-state index contributed by atoms with van der Waals surface area (Å²) < 4.78 is 5.75. The Bertz CT molecular complexity index is 670. The van der Waals surface area contributed by atoms with Gasteiger partial charge < -0.3 is 15.4 Å². The molecule has 1 atom stereocenters. The van der Waals surface area contributed by atoms with Crippen molar-refractivity contribution in [2.24, 2.45) is 5.73 Å². The normalized spacial score (nSPS) is 16.3. The summed E-state index contributed by atoms with van der Waals surface area (Å²) in [5, 5.41) is 0. The van der Waals surface area contributed by atoms with Crippen LogP contribution in [0.15, 0.2) is 60.7 Å². The van der Waals surface area contributed by atoms with Crippen LogP contribution in [-0.4, -0.2) is 61.1 Å². The van der Waals surface area contributed by atoms with Crippen molar-refractivity contribution < 1.29 is 9.53 Å². The van der Waals surface area contributed by atoms with Gasteiger partial charge in [-0.05, 0) is 24.1 Å². The van der Waals surface area contributed by atoms with Crippen LogP contribution in [0.1, 0.15) is 5.56 Å². The highest BCUT2D eigenvalue weighted by Crippen LogP contribution is 2.10. The summed E-state index contributed by atoms with van der Waals surface area (Å²) in [7, 11) is 0. The van der Waals surface area contributed by atoms with Crippen molar-refractivity contribution in [3.63, 3.8) is 0 Å². The summed E-state index contributed by atoms with van der Waals surface area (Å²) in [4.78, 5) is 16.8. The number of carbonyl (C=O) groups is 1. The van der Waals surface area contributed by atoms with Gasteiger partial charge in [-0.1, -0.05) is 48.5 Å². The summed E-state index contributed by atoms with van der Waals surface area (Å²) in [6, 6.07) is 19.3. The average molecular weight is 353 g/mol. The Kier molecular flexibility index (Phi) is 6.63. The highest BCUT2D eigenvalue weighted by atomic mass is 16.5. The molecular formula is C21H27N3O2. The molecule has 5 heteroatoms. The summed E-state index contributed by atoms with van der Waals surface area (Å²) in [5.74, 6) is 0.947. The number of rotatable bonds is 7. The fraction of sp³-hybridized carbons (Fsp3) is 0.381. The number of hydrogen-bond donors (Lipinski definition) is 1. The fourth-order valence-corrected chi connectivity index (χ4v) is 3.19. The number of nitrogens with zero attached hydrogens (tertiary/aromatic N) is 2. The first-order valence-corrected chi connectivity index (χ1v) is 9.21. The lowest BCUT2D eigenvalue weighted by Crippen LogP contribution is -2.54. The molecule has 0 saturated carbocycles. The van der Waals surface area contributed by atoms with Crippen LogP contribution in [0.3, 0.4) is 0 Å². The van der Waals surface area contributed by atoms with Crippen molar-refractivity contribution in [1.82, 2.24) is 9.80 Å². The minimum Gasteiger partial charge on any atom is -0.492 e. The van der Waals surface area contributed by atoms with E-state index in [1.54, 1.807) is 0 Å². The van der Waals surface area contributed by atoms with Gasteiger partial charge in [0, 0.05) is 32.7 Å². The maximum Gasteiger partial charge on any atom is 0.239 e. The van der Waals surface area contributed by atoms with E-state index in [-0.39, 0.29) is 5.91 Å². The van der Waals surface area contributed by atoms with Crippen LogP contribution < -0.4 is 10.5 Å². The van der Waals surface area contributed by atoms with E-state index in [0.717, 1.165) is 44.0 Å². The van der Waals surface area contributed by atoms with Gasteiger partial charge in [-0.3, -0.25) is 9.69 Å². The Labute approximate surface area is 155 Å². The summed E-state index contributed by atoms with van der Waals surface area (Å²) >= 11 is 0. The first-order valence-electron chi connectivity index (χ1n) is 9.21. The van der Waals surface area contributed by atoms with Gasteiger partial charge in [-0.15, -0.1) is 0 Å². The second kappa shape index (κ2) is 9.36. The first-order chi connectivity index (χ1) is 12.7. The number of carbonyl (C=O) groups excluding carboxylic acids is 1. The van der Waals surface area contributed by atoms with E-state index in [0.29, 0.717) is 13.0 Å². The molecule has 0 bridgehead atoms. The molecule has 1 aliphatic heterocycles. The number of hydrogen-bond acceptors (Lipinski definition) is 4. The third kappa shape index (κ3) is 5.31. The largest absolute Gasteiger partial charge is 0.492 e. The van der Waals surface area contributed by atoms with Gasteiger partial charge in [0.05, 0.1) is 6.04 Å². The lowest BCUT2D eigenvalue weighted by molar-refractivity contribution is -0.134. The van der Waals surface area contributed by atoms with Crippen molar-refractivity contribution in [1.29, 1.82) is 0 Å². The number of piperazine rings is 1. The van der Waals surface area contributed by atoms with Crippen LogP contribution in [0.2, 0.25) is 0 Å². The zero-order valence-corrected chi connectivity index (χ0v) is 15.1. The smallest absolute Gasteiger partial charge is 0.239 e. The van der Waals surface area contributed by atoms with Crippen molar-refractivity contribution in [2.45, 2.75) is 12.5 Å². The van der Waals surface area contributed by atoms with Crippen LogP contribution in [0.25, 0.3) is 0 Å². The topological polar surface area (TPSA) is 58.8 Å². The molecule has 0 radical (unpaired) electrons. The van der Waals surface area contributed by atoms with Gasteiger partial charge in [0.25, 0.3) is 0 Å². The van der Waals surface area contributed by atoms with E-state index in [4.69, 9.17) is 10.5 Å². The lowest BCUT2D eigenvalue weighted by Gasteiger charge is -2.35. The zero-order valence-electron chi connectivity index (χ0n) is 15.1. The van der Waals surface area contributed by atoms with E-state index < -0.39 is 6.04 Å². The standard InChI is InChI=1S/C21H27N3O2/c22-20(17-18-7-3-1-4-8-18)21(25)24-13-11-23(12-14-24)15-16-26-19-9-5-2-6-10-19/h1-10,20H,11-17,22H2. The molecule has 0 aliphatic carbocycles. The third-order valence-corrected chi connectivity index (χ3v) is 4.72. The van der Waals surface area contributed by atoms with Gasteiger partial charge in [0.15, 0.2) is 0 Å². The van der Waals surface area contributed by atoms with Crippen molar-refractivity contribution >= 4 is 5.91 Å². The number of para-hydroxylation sites is 1. The predicted octanol–water partition coefficient (Wildman–Crippen LogP) is 1.78. The van der Waals surface area contributed by atoms with Gasteiger partial charge in [0.2, 0.25) is 5.91 Å². The van der Waals surface area contributed by atoms with Gasteiger partial charge in [-0.25, -0.2) is 0 Å². The van der Waals surface area contributed by atoms with Crippen molar-refractivity contribution in [3.05, 3.63) is 66.2 Å². The average Bonchev–Trinajstić information content (AvgIpc) is 2.69. The van der Waals surface area contributed by atoms with Gasteiger partial charge in [-0.2, -0.15) is 0 Å². The Morgan fingerprint density at radius 2 is 1.58 bits per heavy atom. The SMILES string of the molecule is NC(Cc1ccccc1)C(=O)N1CCN(CCOc2ccccc2)CC1.